The first-order chi connectivity index (χ1) is 6.81. The van der Waals surface area contributed by atoms with Gasteiger partial charge in [0.1, 0.15) is 0 Å². The molecule has 0 saturated carbocycles. The van der Waals surface area contributed by atoms with Crippen molar-refractivity contribution in [1.82, 2.24) is 4.98 Å². The van der Waals surface area contributed by atoms with Crippen LogP contribution in [0.15, 0.2) is 36.7 Å². The zero-order chi connectivity index (χ0) is 9.97. The van der Waals surface area contributed by atoms with Crippen molar-refractivity contribution >= 4 is 16.6 Å². The number of nitrogens with zero attached hydrogens (tertiary/aromatic N) is 1. The lowest BCUT2D eigenvalue weighted by Gasteiger charge is -2.00. The molecule has 0 aliphatic heterocycles. The average Bonchev–Trinajstić information content (AvgIpc) is 2.27. The Kier molecular flexibility index (Phi) is 2.24. The van der Waals surface area contributed by atoms with Gasteiger partial charge < -0.3 is 5.73 Å². The summed E-state index contributed by atoms with van der Waals surface area (Å²) < 4.78 is 0. The van der Waals surface area contributed by atoms with Crippen LogP contribution in [-0.2, 0) is 0 Å². The third kappa shape index (κ3) is 1.49. The van der Waals surface area contributed by atoms with Gasteiger partial charge in [0.05, 0.1) is 6.54 Å². The SMILES string of the molecule is NCC(=O)c1ccc2cnccc2c1. The lowest BCUT2D eigenvalue weighted by Crippen LogP contribution is -2.13. The van der Waals surface area contributed by atoms with Gasteiger partial charge in [0.15, 0.2) is 5.78 Å². The van der Waals surface area contributed by atoms with Crippen molar-refractivity contribution in [3.05, 3.63) is 42.2 Å². The predicted octanol–water partition coefficient (Wildman–Crippen LogP) is 1.38. The zero-order valence-corrected chi connectivity index (χ0v) is 7.60. The van der Waals surface area contributed by atoms with E-state index in [0.29, 0.717) is 5.56 Å². The zero-order valence-electron chi connectivity index (χ0n) is 7.60. The molecule has 0 fully saturated rings. The molecule has 0 unspecified atom stereocenters. The molecule has 0 saturated heterocycles. The fourth-order valence-corrected chi connectivity index (χ4v) is 1.37. The summed E-state index contributed by atoms with van der Waals surface area (Å²) in [6.45, 7) is 0.0522. The van der Waals surface area contributed by atoms with Crippen molar-refractivity contribution in [2.45, 2.75) is 0 Å². The number of hydrogen-bond donors (Lipinski definition) is 1. The van der Waals surface area contributed by atoms with E-state index in [1.807, 2.05) is 18.2 Å². The molecule has 2 N–H and O–H groups in total. The van der Waals surface area contributed by atoms with Gasteiger partial charge in [-0.15, -0.1) is 0 Å². The largest absolute Gasteiger partial charge is 0.324 e. The second-order valence-corrected chi connectivity index (χ2v) is 3.06. The Hall–Kier alpha value is -1.74. The smallest absolute Gasteiger partial charge is 0.176 e. The van der Waals surface area contributed by atoms with Crippen LogP contribution in [0.3, 0.4) is 0 Å². The Morgan fingerprint density at radius 3 is 2.93 bits per heavy atom. The van der Waals surface area contributed by atoms with Gasteiger partial charge in [-0.2, -0.15) is 0 Å². The van der Waals surface area contributed by atoms with E-state index in [0.717, 1.165) is 10.8 Å². The highest BCUT2D eigenvalue weighted by atomic mass is 16.1. The molecule has 1 heterocycles. The Balaban J connectivity index is 2.56. The van der Waals surface area contributed by atoms with E-state index in [-0.39, 0.29) is 12.3 Å². The van der Waals surface area contributed by atoms with Crippen LogP contribution in [0.1, 0.15) is 10.4 Å². The number of pyridine rings is 1. The van der Waals surface area contributed by atoms with Crippen LogP contribution in [0.25, 0.3) is 10.8 Å². The minimum Gasteiger partial charge on any atom is -0.324 e. The number of ketones is 1. The molecule has 0 bridgehead atoms. The third-order valence-corrected chi connectivity index (χ3v) is 2.15. The lowest BCUT2D eigenvalue weighted by molar-refractivity contribution is 0.100. The molecule has 0 atom stereocenters. The second kappa shape index (κ2) is 3.55. The number of benzene rings is 1. The fourth-order valence-electron chi connectivity index (χ4n) is 1.37. The first-order valence-corrected chi connectivity index (χ1v) is 4.38. The molecule has 1 aromatic heterocycles. The van der Waals surface area contributed by atoms with Gasteiger partial charge in [-0.1, -0.05) is 12.1 Å². The highest BCUT2D eigenvalue weighted by Gasteiger charge is 2.03. The first-order valence-electron chi connectivity index (χ1n) is 4.38. The summed E-state index contributed by atoms with van der Waals surface area (Å²) in [5, 5.41) is 2.04. The molecule has 1 aromatic carbocycles. The van der Waals surface area contributed by atoms with Gasteiger partial charge in [-0.05, 0) is 17.5 Å². The molecule has 0 aliphatic rings. The summed E-state index contributed by atoms with van der Waals surface area (Å²) >= 11 is 0. The van der Waals surface area contributed by atoms with Crippen LogP contribution < -0.4 is 5.73 Å². The molecule has 14 heavy (non-hydrogen) atoms. The summed E-state index contributed by atoms with van der Waals surface area (Å²) in [6, 6.07) is 7.37. The summed E-state index contributed by atoms with van der Waals surface area (Å²) in [5.74, 6) is -0.0382. The van der Waals surface area contributed by atoms with Crippen molar-refractivity contribution in [3.63, 3.8) is 0 Å². The third-order valence-electron chi connectivity index (χ3n) is 2.15. The van der Waals surface area contributed by atoms with Gasteiger partial charge in [-0.25, -0.2) is 0 Å². The molecule has 0 radical (unpaired) electrons. The van der Waals surface area contributed by atoms with Crippen LogP contribution in [0.5, 0.6) is 0 Å². The number of nitrogens with two attached hydrogens (primary N) is 1. The van der Waals surface area contributed by atoms with Crippen LogP contribution in [0.4, 0.5) is 0 Å². The number of aromatic nitrogens is 1. The number of carbonyl (C=O) groups excluding carboxylic acids is 1. The highest BCUT2D eigenvalue weighted by molar-refractivity contribution is 6.00. The van der Waals surface area contributed by atoms with E-state index in [1.54, 1.807) is 18.5 Å². The van der Waals surface area contributed by atoms with Crippen LogP contribution in [0, 0.1) is 0 Å². The van der Waals surface area contributed by atoms with Gasteiger partial charge >= 0.3 is 0 Å². The maximum atomic E-state index is 11.3. The maximum absolute atomic E-state index is 11.3. The summed E-state index contributed by atoms with van der Waals surface area (Å²) in [6.07, 6.45) is 3.48. The summed E-state index contributed by atoms with van der Waals surface area (Å²) in [5.41, 5.74) is 5.94. The molecule has 3 nitrogen and oxygen atoms in total. The molecule has 2 rings (SSSR count). The lowest BCUT2D eigenvalue weighted by atomic mass is 10.1. The molecule has 0 amide bonds. The Morgan fingerprint density at radius 1 is 1.29 bits per heavy atom. The summed E-state index contributed by atoms with van der Waals surface area (Å²) in [4.78, 5) is 15.3. The van der Waals surface area contributed by atoms with Crippen LogP contribution >= 0.6 is 0 Å². The monoisotopic (exact) mass is 186 g/mol. The van der Waals surface area contributed by atoms with E-state index in [4.69, 9.17) is 5.73 Å². The maximum Gasteiger partial charge on any atom is 0.176 e. The number of fused-ring (bicyclic) bond motifs is 1. The molecule has 0 aliphatic carbocycles. The first kappa shape index (κ1) is 8.84. The van der Waals surface area contributed by atoms with Gasteiger partial charge in [-0.3, -0.25) is 9.78 Å². The van der Waals surface area contributed by atoms with Crippen molar-refractivity contribution < 1.29 is 4.79 Å². The molecular weight excluding hydrogens is 176 g/mol. The number of hydrogen-bond acceptors (Lipinski definition) is 3. The van der Waals surface area contributed by atoms with E-state index in [1.165, 1.54) is 0 Å². The van der Waals surface area contributed by atoms with Crippen molar-refractivity contribution in [2.75, 3.05) is 6.54 Å². The van der Waals surface area contributed by atoms with E-state index < -0.39 is 0 Å². The Morgan fingerprint density at radius 2 is 2.14 bits per heavy atom. The minimum absolute atomic E-state index is 0.0382. The number of Topliss-reactive ketones (excluding diaryl/α,β-unsaturated/α-hetero) is 1. The van der Waals surface area contributed by atoms with Crippen LogP contribution in [-0.4, -0.2) is 17.3 Å². The molecule has 0 spiro atoms. The molecule has 70 valence electrons. The normalized spacial score (nSPS) is 10.4. The Bertz CT molecular complexity index is 479. The quantitative estimate of drug-likeness (QED) is 0.721. The highest BCUT2D eigenvalue weighted by Crippen LogP contribution is 2.14. The predicted molar refractivity (Wildman–Crippen MR) is 55.1 cm³/mol. The van der Waals surface area contributed by atoms with E-state index in [2.05, 4.69) is 4.98 Å². The standard InChI is InChI=1S/C11H10N2O/c12-6-11(14)9-1-2-10-7-13-4-3-8(10)5-9/h1-5,7H,6,12H2. The van der Waals surface area contributed by atoms with Crippen molar-refractivity contribution in [3.8, 4) is 0 Å². The van der Waals surface area contributed by atoms with E-state index >= 15 is 0 Å². The molecular formula is C11H10N2O. The Labute approximate surface area is 81.6 Å². The van der Waals surface area contributed by atoms with E-state index in [9.17, 15) is 4.79 Å². The summed E-state index contributed by atoms with van der Waals surface area (Å²) in [7, 11) is 0. The van der Waals surface area contributed by atoms with Crippen molar-refractivity contribution in [2.24, 2.45) is 5.73 Å². The minimum atomic E-state index is -0.0382. The molecule has 2 aromatic rings. The van der Waals surface area contributed by atoms with Gasteiger partial charge in [0, 0.05) is 23.3 Å². The van der Waals surface area contributed by atoms with Crippen LogP contribution in [0.2, 0.25) is 0 Å². The van der Waals surface area contributed by atoms with Crippen molar-refractivity contribution in [1.29, 1.82) is 0 Å². The van der Waals surface area contributed by atoms with Gasteiger partial charge in [0.2, 0.25) is 0 Å². The molecule has 3 heteroatoms. The topological polar surface area (TPSA) is 56.0 Å². The fraction of sp³-hybridized carbons (Fsp3) is 0.0909. The number of rotatable bonds is 2. The second-order valence-electron chi connectivity index (χ2n) is 3.06. The average molecular weight is 186 g/mol. The van der Waals surface area contributed by atoms with Gasteiger partial charge in [0.25, 0.3) is 0 Å². The number of carbonyl (C=O) groups is 1.